The van der Waals surface area contributed by atoms with Crippen molar-refractivity contribution in [3.05, 3.63) is 239 Å². The summed E-state index contributed by atoms with van der Waals surface area (Å²) < 4.78 is 14.0. The van der Waals surface area contributed by atoms with E-state index >= 15 is 0 Å². The van der Waals surface area contributed by atoms with E-state index in [9.17, 15) is 0 Å². The molecule has 6 aromatic heterocycles. The number of nitrogens with zero attached hydrogens (tertiary/aromatic N) is 6. The van der Waals surface area contributed by atoms with Crippen LogP contribution in [0.5, 0.6) is 0 Å². The summed E-state index contributed by atoms with van der Waals surface area (Å²) in [5, 5.41) is 7.33. The molecule has 6 heteroatoms. The molecule has 386 valence electrons. The first-order valence-electron chi connectivity index (χ1n) is 27.6. The summed E-state index contributed by atoms with van der Waals surface area (Å²) in [5.41, 5.74) is 27.1. The molecule has 0 fully saturated rings. The maximum atomic E-state index is 2.43. The fraction of sp³-hybridized carbons (Fsp3) is 0.178. The number of hydrogen-bond donors (Lipinski definition) is 0. The van der Waals surface area contributed by atoms with E-state index in [0.29, 0.717) is 0 Å². The Morgan fingerprint density at radius 3 is 1.61 bits per heavy atom. The van der Waals surface area contributed by atoms with Gasteiger partial charge in [-0.05, 0) is 157 Å². The monoisotopic (exact) mass is 1030 g/mol. The molecule has 0 atom stereocenters. The van der Waals surface area contributed by atoms with Crippen molar-refractivity contribution < 1.29 is 27.4 Å². The van der Waals surface area contributed by atoms with Crippen molar-refractivity contribution >= 4 is 32.3 Å². The predicted octanol–water partition coefficient (Wildman–Crippen LogP) is 13.2. The highest BCUT2D eigenvalue weighted by Gasteiger charge is 2.32. The molecule has 6 aromatic carbocycles. The van der Waals surface area contributed by atoms with Crippen LogP contribution < -0.4 is 27.4 Å². The van der Waals surface area contributed by atoms with Crippen LogP contribution in [0, 0.1) is 41.5 Å². The van der Waals surface area contributed by atoms with Crippen LogP contribution in [0.4, 0.5) is 0 Å². The first kappa shape index (κ1) is 50.8. The van der Waals surface area contributed by atoms with E-state index in [2.05, 4.69) is 306 Å². The van der Waals surface area contributed by atoms with Gasteiger partial charge < -0.3 is 0 Å². The van der Waals surface area contributed by atoms with Gasteiger partial charge in [0, 0.05) is 76.7 Å². The van der Waals surface area contributed by atoms with E-state index in [1.54, 1.807) is 0 Å². The average molecular weight is 1030 g/mol. The van der Waals surface area contributed by atoms with Crippen molar-refractivity contribution in [1.82, 2.24) is 0 Å². The summed E-state index contributed by atoms with van der Waals surface area (Å²) in [7, 11) is 13.2. The van der Waals surface area contributed by atoms with Crippen molar-refractivity contribution in [2.75, 3.05) is 0 Å². The Morgan fingerprint density at radius 2 is 0.886 bits per heavy atom. The summed E-state index contributed by atoms with van der Waals surface area (Å²) in [6, 6.07) is 65.8. The number of pyridine rings is 6. The van der Waals surface area contributed by atoms with Gasteiger partial charge in [0.25, 0.3) is 34.2 Å². The fourth-order valence-corrected chi connectivity index (χ4v) is 12.6. The lowest BCUT2D eigenvalue weighted by molar-refractivity contribution is -0.684. The molecule has 0 saturated carbocycles. The second-order valence-electron chi connectivity index (χ2n) is 22.2. The number of aromatic nitrogens is 6. The molecule has 0 aliphatic carbocycles. The van der Waals surface area contributed by atoms with Crippen molar-refractivity contribution in [3.63, 3.8) is 0 Å². The van der Waals surface area contributed by atoms with Gasteiger partial charge in [-0.2, -0.15) is 27.4 Å². The highest BCUT2D eigenvalue weighted by Crippen LogP contribution is 2.38. The van der Waals surface area contributed by atoms with Gasteiger partial charge in [0.1, 0.15) is 42.3 Å². The second kappa shape index (κ2) is 20.1. The van der Waals surface area contributed by atoms with Crippen LogP contribution >= 0.6 is 0 Å². The van der Waals surface area contributed by atoms with Crippen LogP contribution in [0.3, 0.4) is 0 Å². The Bertz CT molecular complexity index is 4490. The van der Waals surface area contributed by atoms with Crippen LogP contribution in [-0.2, 0) is 48.7 Å². The molecule has 6 heterocycles. The van der Waals surface area contributed by atoms with Crippen LogP contribution in [0.1, 0.15) is 44.5 Å². The van der Waals surface area contributed by atoms with Gasteiger partial charge in [-0.3, -0.25) is 0 Å². The predicted molar refractivity (Wildman–Crippen MR) is 322 cm³/mol. The molecule has 0 amide bonds. The van der Waals surface area contributed by atoms with Gasteiger partial charge in [0.05, 0.1) is 16.2 Å². The zero-order valence-electron chi connectivity index (χ0n) is 47.9. The molecule has 0 aliphatic heterocycles. The maximum Gasteiger partial charge on any atom is 0.285 e. The van der Waals surface area contributed by atoms with E-state index in [-0.39, 0.29) is 0 Å². The van der Waals surface area contributed by atoms with Crippen molar-refractivity contribution in [3.8, 4) is 79.1 Å². The molecule has 0 aliphatic rings. The molecule has 12 aromatic rings. The Hall–Kier alpha value is -9.00. The molecule has 0 spiro atoms. The standard InChI is InChI=1S/C73H70N6/c1-46-37-48(3)50(5)63(38-46)65-28-20-29-67(77(65)10)71-61-26-19-25-57(60(61)33-36-76(71)9)56-31-30-47(2)62(43-56)68-44-54-21-14-16-24-59(54)73(78(68)11)70-42-52(32-35-75(70)8)40-53-39-49(4)51(6)64(41-53)69-45-55-22-13-15-23-58(55)72(79(69)12)66-27-17-18-34-74(66)7/h13-39,41-45H,40H2,1-12H3/q+6. The van der Waals surface area contributed by atoms with Gasteiger partial charge in [-0.15, -0.1) is 0 Å². The molecule has 79 heavy (non-hydrogen) atoms. The summed E-state index contributed by atoms with van der Waals surface area (Å²) in [4.78, 5) is 0. The third-order valence-electron chi connectivity index (χ3n) is 17.1. The van der Waals surface area contributed by atoms with Gasteiger partial charge in [0.2, 0.25) is 17.1 Å². The Morgan fingerprint density at radius 1 is 0.304 bits per heavy atom. The number of aryl methyl sites for hydroxylation is 7. The van der Waals surface area contributed by atoms with Crippen molar-refractivity contribution in [1.29, 1.82) is 0 Å². The Balaban J connectivity index is 0.945. The number of hydrogen-bond acceptors (Lipinski definition) is 0. The lowest BCUT2D eigenvalue weighted by Crippen LogP contribution is -2.40. The summed E-state index contributed by atoms with van der Waals surface area (Å²) >= 11 is 0. The molecule has 0 N–H and O–H groups in total. The molecular weight excluding hydrogens is 961 g/mol. The van der Waals surface area contributed by atoms with E-state index in [1.165, 1.54) is 150 Å². The number of benzene rings is 6. The zero-order valence-corrected chi connectivity index (χ0v) is 47.9. The summed E-state index contributed by atoms with van der Waals surface area (Å²) in [6.45, 7) is 13.4. The highest BCUT2D eigenvalue weighted by molar-refractivity contribution is 6.02. The molecule has 6 nitrogen and oxygen atoms in total. The molecule has 0 bridgehead atoms. The first-order chi connectivity index (χ1) is 38.1. The van der Waals surface area contributed by atoms with Crippen molar-refractivity contribution in [2.24, 2.45) is 42.3 Å². The van der Waals surface area contributed by atoms with E-state index < -0.39 is 0 Å². The third kappa shape index (κ3) is 8.86. The molecule has 12 rings (SSSR count). The highest BCUT2D eigenvalue weighted by atomic mass is 15.0. The van der Waals surface area contributed by atoms with Gasteiger partial charge >= 0.3 is 0 Å². The Labute approximate surface area is 465 Å². The average Bonchev–Trinajstić information content (AvgIpc) is 3.51. The summed E-state index contributed by atoms with van der Waals surface area (Å²) in [5.74, 6) is 0. The molecular formula is C73H70N6+6. The number of fused-ring (bicyclic) bond motifs is 3. The van der Waals surface area contributed by atoms with E-state index in [0.717, 1.165) is 12.1 Å². The fourth-order valence-electron chi connectivity index (χ4n) is 12.6. The van der Waals surface area contributed by atoms with Crippen LogP contribution in [-0.4, -0.2) is 0 Å². The SMILES string of the molecule is Cc1cc(C)c(C)c(-c2cccc(-c3c4cccc(-c5ccc(C)c(-c6cc7ccccc7c(-c7cc(Cc8cc(C)c(C)c(-c9cc%10ccccc%10c(-c%10cccc[n+]%10C)[n+]9C)c8)cc[n+]7C)[n+]6C)c5)c4cc[n+]3C)[n+]2C)c1. The topological polar surface area (TPSA) is 23.3 Å². The lowest BCUT2D eigenvalue weighted by Gasteiger charge is -2.14. The molecule has 0 saturated heterocycles. The van der Waals surface area contributed by atoms with Gasteiger partial charge in [0.15, 0.2) is 18.6 Å². The smallest absolute Gasteiger partial charge is 0.196 e. The third-order valence-corrected chi connectivity index (χ3v) is 17.1. The van der Waals surface area contributed by atoms with E-state index in [1.807, 2.05) is 0 Å². The Kier molecular flexibility index (Phi) is 12.9. The minimum Gasteiger partial charge on any atom is -0.196 e. The molecule has 0 radical (unpaired) electrons. The van der Waals surface area contributed by atoms with Gasteiger partial charge in [-0.25, -0.2) is 0 Å². The lowest BCUT2D eigenvalue weighted by atomic mass is 9.92. The van der Waals surface area contributed by atoms with Crippen LogP contribution in [0.2, 0.25) is 0 Å². The first-order valence-corrected chi connectivity index (χ1v) is 27.6. The quantitative estimate of drug-likeness (QED) is 0.129. The minimum absolute atomic E-state index is 0.794. The van der Waals surface area contributed by atoms with Crippen molar-refractivity contribution in [2.45, 2.75) is 48.0 Å². The van der Waals surface area contributed by atoms with Crippen LogP contribution in [0.25, 0.3) is 111 Å². The summed E-state index contributed by atoms with van der Waals surface area (Å²) in [6.07, 6.45) is 7.39. The van der Waals surface area contributed by atoms with E-state index in [4.69, 9.17) is 0 Å². The largest absolute Gasteiger partial charge is 0.285 e. The number of rotatable bonds is 9. The minimum atomic E-state index is 0.794. The van der Waals surface area contributed by atoms with Crippen LogP contribution in [0.15, 0.2) is 195 Å². The maximum absolute atomic E-state index is 2.43. The second-order valence-corrected chi connectivity index (χ2v) is 22.2. The van der Waals surface area contributed by atoms with Gasteiger partial charge in [-0.1, -0.05) is 78.4 Å². The zero-order chi connectivity index (χ0) is 55.0. The molecule has 0 unspecified atom stereocenters. The normalized spacial score (nSPS) is 11.6.